The van der Waals surface area contributed by atoms with Crippen LogP contribution in [0.4, 0.5) is 11.4 Å². The van der Waals surface area contributed by atoms with E-state index < -0.39 is 0 Å². The second-order valence-corrected chi connectivity index (χ2v) is 5.47. The minimum absolute atomic E-state index is 0.467. The molecule has 0 amide bonds. The van der Waals surface area contributed by atoms with Gasteiger partial charge >= 0.3 is 0 Å². The van der Waals surface area contributed by atoms with Gasteiger partial charge in [0.25, 0.3) is 0 Å². The molecule has 0 radical (unpaired) electrons. The SMILES string of the molecule is Cc1ccc(N(c2ccccc2)C2C=CCCC2)cc1. The summed E-state index contributed by atoms with van der Waals surface area (Å²) in [4.78, 5) is 2.45. The van der Waals surface area contributed by atoms with E-state index in [1.54, 1.807) is 0 Å². The highest BCUT2D eigenvalue weighted by Gasteiger charge is 2.19. The summed E-state index contributed by atoms with van der Waals surface area (Å²) in [7, 11) is 0. The zero-order valence-electron chi connectivity index (χ0n) is 12.0. The molecule has 1 heteroatoms. The van der Waals surface area contributed by atoms with E-state index in [-0.39, 0.29) is 0 Å². The number of rotatable bonds is 3. The molecule has 0 saturated heterocycles. The number of allylic oxidation sites excluding steroid dienone is 1. The Labute approximate surface area is 121 Å². The van der Waals surface area contributed by atoms with E-state index in [4.69, 9.17) is 0 Å². The smallest absolute Gasteiger partial charge is 0.0522 e. The minimum atomic E-state index is 0.467. The van der Waals surface area contributed by atoms with Gasteiger partial charge in [-0.15, -0.1) is 0 Å². The van der Waals surface area contributed by atoms with Crippen LogP contribution >= 0.6 is 0 Å². The highest BCUT2D eigenvalue weighted by Crippen LogP contribution is 2.31. The molecule has 20 heavy (non-hydrogen) atoms. The van der Waals surface area contributed by atoms with Crippen molar-refractivity contribution in [1.82, 2.24) is 0 Å². The standard InChI is InChI=1S/C19H21N/c1-16-12-14-19(15-13-16)20(17-8-4-2-5-9-17)18-10-6-3-7-11-18/h2,4-6,8-10,12-15,18H,3,7,11H2,1H3. The van der Waals surface area contributed by atoms with Crippen LogP contribution < -0.4 is 4.90 Å². The molecule has 2 aromatic rings. The van der Waals surface area contributed by atoms with Gasteiger partial charge in [0.05, 0.1) is 6.04 Å². The Hall–Kier alpha value is -2.02. The zero-order valence-corrected chi connectivity index (χ0v) is 12.0. The van der Waals surface area contributed by atoms with Crippen LogP contribution in [-0.4, -0.2) is 6.04 Å². The van der Waals surface area contributed by atoms with Gasteiger partial charge in [-0.1, -0.05) is 48.0 Å². The van der Waals surface area contributed by atoms with E-state index in [1.807, 2.05) is 0 Å². The van der Waals surface area contributed by atoms with Crippen molar-refractivity contribution in [3.63, 3.8) is 0 Å². The van der Waals surface area contributed by atoms with Gasteiger partial charge in [0.1, 0.15) is 0 Å². The highest BCUT2D eigenvalue weighted by molar-refractivity contribution is 5.65. The van der Waals surface area contributed by atoms with Crippen LogP contribution in [0, 0.1) is 6.92 Å². The molecule has 102 valence electrons. The Morgan fingerprint density at radius 3 is 2.25 bits per heavy atom. The molecule has 0 bridgehead atoms. The quantitative estimate of drug-likeness (QED) is 0.684. The maximum atomic E-state index is 2.45. The Bertz CT molecular complexity index is 568. The first kappa shape index (κ1) is 13.0. The predicted octanol–water partition coefficient (Wildman–Crippen LogP) is 5.24. The maximum absolute atomic E-state index is 2.45. The van der Waals surface area contributed by atoms with Gasteiger partial charge in [0.2, 0.25) is 0 Å². The molecule has 0 N–H and O–H groups in total. The second kappa shape index (κ2) is 5.96. The Kier molecular flexibility index (Phi) is 3.87. The lowest BCUT2D eigenvalue weighted by Gasteiger charge is -2.33. The lowest BCUT2D eigenvalue weighted by atomic mass is 9.99. The maximum Gasteiger partial charge on any atom is 0.0522 e. The molecule has 1 atom stereocenters. The first-order valence-electron chi connectivity index (χ1n) is 7.42. The molecule has 0 saturated carbocycles. The summed E-state index contributed by atoms with van der Waals surface area (Å²) in [5, 5.41) is 0. The Morgan fingerprint density at radius 2 is 1.60 bits per heavy atom. The van der Waals surface area contributed by atoms with Crippen LogP contribution in [-0.2, 0) is 0 Å². The second-order valence-electron chi connectivity index (χ2n) is 5.47. The number of hydrogen-bond acceptors (Lipinski definition) is 1. The average molecular weight is 263 g/mol. The summed E-state index contributed by atoms with van der Waals surface area (Å²) in [5.74, 6) is 0. The number of anilines is 2. The molecule has 0 aromatic heterocycles. The summed E-state index contributed by atoms with van der Waals surface area (Å²) in [6, 6.07) is 20.0. The van der Waals surface area contributed by atoms with Crippen LogP contribution in [0.1, 0.15) is 24.8 Å². The van der Waals surface area contributed by atoms with E-state index >= 15 is 0 Å². The van der Waals surface area contributed by atoms with Gasteiger partial charge in [-0.05, 0) is 50.5 Å². The fourth-order valence-corrected chi connectivity index (χ4v) is 2.84. The summed E-state index contributed by atoms with van der Waals surface area (Å²) in [6.07, 6.45) is 8.39. The molecule has 2 aromatic carbocycles. The molecule has 0 spiro atoms. The van der Waals surface area contributed by atoms with Crippen molar-refractivity contribution < 1.29 is 0 Å². The zero-order chi connectivity index (χ0) is 13.8. The van der Waals surface area contributed by atoms with Crippen molar-refractivity contribution in [2.75, 3.05) is 4.90 Å². The molecular formula is C19H21N. The number of para-hydroxylation sites is 1. The number of nitrogens with zero attached hydrogens (tertiary/aromatic N) is 1. The summed E-state index contributed by atoms with van der Waals surface area (Å²) >= 11 is 0. The molecule has 0 heterocycles. The molecule has 0 aliphatic heterocycles. The van der Waals surface area contributed by atoms with Crippen molar-refractivity contribution in [3.8, 4) is 0 Å². The molecule has 1 nitrogen and oxygen atoms in total. The van der Waals surface area contributed by atoms with E-state index in [1.165, 1.54) is 36.2 Å². The number of hydrogen-bond donors (Lipinski definition) is 0. The minimum Gasteiger partial charge on any atom is -0.335 e. The summed E-state index contributed by atoms with van der Waals surface area (Å²) in [6.45, 7) is 2.14. The van der Waals surface area contributed by atoms with Crippen molar-refractivity contribution in [2.45, 2.75) is 32.2 Å². The van der Waals surface area contributed by atoms with Crippen LogP contribution in [0.2, 0.25) is 0 Å². The first-order chi connectivity index (χ1) is 9.84. The Morgan fingerprint density at radius 1 is 0.900 bits per heavy atom. The molecule has 3 rings (SSSR count). The normalized spacial score (nSPS) is 17.9. The molecule has 1 aliphatic carbocycles. The van der Waals surface area contributed by atoms with Crippen molar-refractivity contribution in [3.05, 3.63) is 72.3 Å². The van der Waals surface area contributed by atoms with Crippen LogP contribution in [0.15, 0.2) is 66.7 Å². The third-order valence-corrected chi connectivity index (χ3v) is 3.91. The fraction of sp³-hybridized carbons (Fsp3) is 0.263. The molecular weight excluding hydrogens is 242 g/mol. The monoisotopic (exact) mass is 263 g/mol. The first-order valence-corrected chi connectivity index (χ1v) is 7.42. The summed E-state index contributed by atoms with van der Waals surface area (Å²) < 4.78 is 0. The van der Waals surface area contributed by atoms with Crippen molar-refractivity contribution in [2.24, 2.45) is 0 Å². The molecule has 1 unspecified atom stereocenters. The summed E-state index contributed by atoms with van der Waals surface area (Å²) in [5.41, 5.74) is 3.85. The third kappa shape index (κ3) is 2.77. The number of benzene rings is 2. The lowest BCUT2D eigenvalue weighted by molar-refractivity contribution is 0.631. The van der Waals surface area contributed by atoms with Gasteiger partial charge in [0.15, 0.2) is 0 Å². The van der Waals surface area contributed by atoms with Crippen LogP contribution in [0.3, 0.4) is 0 Å². The fourth-order valence-electron chi connectivity index (χ4n) is 2.84. The van der Waals surface area contributed by atoms with E-state index in [2.05, 4.69) is 78.6 Å². The van der Waals surface area contributed by atoms with E-state index in [0.717, 1.165) is 0 Å². The topological polar surface area (TPSA) is 3.24 Å². The predicted molar refractivity (Wildman–Crippen MR) is 86.5 cm³/mol. The van der Waals surface area contributed by atoms with Gasteiger partial charge in [-0.25, -0.2) is 0 Å². The lowest BCUT2D eigenvalue weighted by Crippen LogP contribution is -2.30. The van der Waals surface area contributed by atoms with Gasteiger partial charge in [-0.3, -0.25) is 0 Å². The van der Waals surface area contributed by atoms with E-state index in [9.17, 15) is 0 Å². The number of aryl methyl sites for hydroxylation is 1. The van der Waals surface area contributed by atoms with Crippen molar-refractivity contribution in [1.29, 1.82) is 0 Å². The van der Waals surface area contributed by atoms with Crippen LogP contribution in [0.25, 0.3) is 0 Å². The van der Waals surface area contributed by atoms with Crippen molar-refractivity contribution >= 4 is 11.4 Å². The van der Waals surface area contributed by atoms with Crippen LogP contribution in [0.5, 0.6) is 0 Å². The third-order valence-electron chi connectivity index (χ3n) is 3.91. The Balaban J connectivity index is 2.01. The van der Waals surface area contributed by atoms with Gasteiger partial charge in [-0.2, -0.15) is 0 Å². The van der Waals surface area contributed by atoms with Gasteiger partial charge in [0, 0.05) is 11.4 Å². The largest absolute Gasteiger partial charge is 0.335 e. The van der Waals surface area contributed by atoms with E-state index in [0.29, 0.717) is 6.04 Å². The highest BCUT2D eigenvalue weighted by atomic mass is 15.2. The molecule has 1 aliphatic rings. The molecule has 0 fully saturated rings. The average Bonchev–Trinajstić information content (AvgIpc) is 2.52. The van der Waals surface area contributed by atoms with Gasteiger partial charge < -0.3 is 4.90 Å².